The Morgan fingerprint density at radius 3 is 2.25 bits per heavy atom. The van der Waals surface area contributed by atoms with Crippen molar-refractivity contribution in [1.29, 1.82) is 0 Å². The predicted molar refractivity (Wildman–Crippen MR) is 148 cm³/mol. The zero-order valence-corrected chi connectivity index (χ0v) is 21.2. The third-order valence-corrected chi connectivity index (χ3v) is 7.65. The molecule has 0 aliphatic carbocycles. The van der Waals surface area contributed by atoms with E-state index < -0.39 is 5.41 Å². The molecule has 6 rings (SSSR count). The van der Waals surface area contributed by atoms with Crippen LogP contribution in [0.3, 0.4) is 0 Å². The van der Waals surface area contributed by atoms with Crippen LogP contribution in [0.2, 0.25) is 0 Å². The number of aromatic nitrogens is 3. The lowest BCUT2D eigenvalue weighted by molar-refractivity contribution is 0.454. The van der Waals surface area contributed by atoms with Crippen molar-refractivity contribution in [3.63, 3.8) is 0 Å². The number of rotatable bonds is 5. The van der Waals surface area contributed by atoms with E-state index in [1.165, 1.54) is 15.5 Å². The summed E-state index contributed by atoms with van der Waals surface area (Å²) in [5, 5.41) is 2.41. The van der Waals surface area contributed by atoms with E-state index in [4.69, 9.17) is 19.7 Å². The van der Waals surface area contributed by atoms with Gasteiger partial charge in [0.1, 0.15) is 10.6 Å². The lowest BCUT2D eigenvalue weighted by Gasteiger charge is -2.24. The number of benzene rings is 2. The molecule has 0 aliphatic heterocycles. The first-order chi connectivity index (χ1) is 17.5. The number of hydrogen-bond donors (Lipinski definition) is 0. The van der Waals surface area contributed by atoms with Crippen LogP contribution in [0.4, 0.5) is 0 Å². The van der Waals surface area contributed by atoms with Crippen LogP contribution < -0.4 is 4.74 Å². The van der Waals surface area contributed by atoms with Gasteiger partial charge in [0.25, 0.3) is 0 Å². The lowest BCUT2D eigenvalue weighted by Crippen LogP contribution is -2.22. The van der Waals surface area contributed by atoms with Crippen LogP contribution in [-0.4, -0.2) is 15.0 Å². The number of fused-ring (bicyclic) bond motifs is 3. The van der Waals surface area contributed by atoms with Gasteiger partial charge in [-0.1, -0.05) is 48.5 Å². The molecular formula is C31H25N3OS. The molecule has 0 N–H and O–H groups in total. The summed E-state index contributed by atoms with van der Waals surface area (Å²) in [6.07, 6.45) is 0. The molecule has 0 saturated heterocycles. The topological polar surface area (TPSA) is 47.9 Å². The molecular weight excluding hydrogens is 462 g/mol. The minimum Gasteiger partial charge on any atom is -0.439 e. The number of pyridine rings is 3. The average Bonchev–Trinajstić information content (AvgIpc) is 3.27. The summed E-state index contributed by atoms with van der Waals surface area (Å²) in [6.45, 7) is 6.34. The van der Waals surface area contributed by atoms with Gasteiger partial charge in [0.05, 0.1) is 17.1 Å². The van der Waals surface area contributed by atoms with E-state index in [-0.39, 0.29) is 0 Å². The third kappa shape index (κ3) is 4.01. The van der Waals surface area contributed by atoms with E-state index in [1.54, 1.807) is 11.3 Å². The summed E-state index contributed by atoms with van der Waals surface area (Å²) in [7, 11) is 0. The Bertz CT molecular complexity index is 1710. The van der Waals surface area contributed by atoms with Crippen molar-refractivity contribution in [2.24, 2.45) is 0 Å². The number of aryl methyl sites for hydroxylation is 1. The van der Waals surface area contributed by atoms with Gasteiger partial charge < -0.3 is 4.74 Å². The van der Waals surface area contributed by atoms with E-state index in [0.717, 1.165) is 38.9 Å². The van der Waals surface area contributed by atoms with Gasteiger partial charge in [-0.05, 0) is 63.2 Å². The van der Waals surface area contributed by atoms with Crippen molar-refractivity contribution >= 4 is 31.6 Å². The van der Waals surface area contributed by atoms with Crippen LogP contribution in [0.1, 0.15) is 30.9 Å². The fraction of sp³-hybridized carbons (Fsp3) is 0.129. The van der Waals surface area contributed by atoms with Crippen LogP contribution in [0, 0.1) is 6.92 Å². The Kier molecular flexibility index (Phi) is 5.50. The lowest BCUT2D eigenvalue weighted by atomic mass is 9.84. The maximum atomic E-state index is 5.99. The van der Waals surface area contributed by atoms with Gasteiger partial charge in [0.2, 0.25) is 5.88 Å². The molecule has 0 fully saturated rings. The molecule has 0 bridgehead atoms. The van der Waals surface area contributed by atoms with Crippen LogP contribution in [-0.2, 0) is 5.41 Å². The average molecular weight is 488 g/mol. The largest absolute Gasteiger partial charge is 0.439 e. The van der Waals surface area contributed by atoms with Gasteiger partial charge >= 0.3 is 0 Å². The molecule has 0 unspecified atom stereocenters. The van der Waals surface area contributed by atoms with E-state index in [9.17, 15) is 0 Å². The van der Waals surface area contributed by atoms with E-state index in [1.807, 2.05) is 55.5 Å². The van der Waals surface area contributed by atoms with E-state index >= 15 is 0 Å². The molecule has 0 saturated carbocycles. The number of ether oxygens (including phenoxy) is 1. The second kappa shape index (κ2) is 8.85. The zero-order chi connectivity index (χ0) is 24.7. The quantitative estimate of drug-likeness (QED) is 0.245. The Labute approximate surface area is 214 Å². The highest BCUT2D eigenvalue weighted by Crippen LogP contribution is 2.39. The first-order valence-corrected chi connectivity index (χ1v) is 12.8. The molecule has 0 atom stereocenters. The van der Waals surface area contributed by atoms with E-state index in [0.29, 0.717) is 5.88 Å². The van der Waals surface area contributed by atoms with Gasteiger partial charge in [0, 0.05) is 38.2 Å². The van der Waals surface area contributed by atoms with Gasteiger partial charge in [-0.2, -0.15) is 0 Å². The predicted octanol–water partition coefficient (Wildman–Crippen LogP) is 8.33. The Balaban J connectivity index is 1.40. The first kappa shape index (κ1) is 22.4. The highest BCUT2D eigenvalue weighted by molar-refractivity contribution is 7.26. The molecule has 176 valence electrons. The van der Waals surface area contributed by atoms with Crippen molar-refractivity contribution in [3.8, 4) is 22.9 Å². The molecule has 4 nitrogen and oxygen atoms in total. The molecule has 6 aromatic rings. The van der Waals surface area contributed by atoms with E-state index in [2.05, 4.69) is 62.4 Å². The summed E-state index contributed by atoms with van der Waals surface area (Å²) >= 11 is 1.73. The first-order valence-electron chi connectivity index (χ1n) is 12.0. The molecule has 0 radical (unpaired) electrons. The molecule has 4 aromatic heterocycles. The Morgan fingerprint density at radius 1 is 0.667 bits per heavy atom. The van der Waals surface area contributed by atoms with Gasteiger partial charge in [-0.25, -0.2) is 9.97 Å². The minimum atomic E-state index is -0.418. The highest BCUT2D eigenvalue weighted by Gasteiger charge is 2.27. The van der Waals surface area contributed by atoms with Gasteiger partial charge in [0.15, 0.2) is 0 Å². The van der Waals surface area contributed by atoms with Crippen LogP contribution in [0.5, 0.6) is 11.6 Å². The van der Waals surface area contributed by atoms with Gasteiger partial charge in [-0.15, -0.1) is 11.3 Å². The molecule has 0 aliphatic rings. The third-order valence-electron chi connectivity index (χ3n) is 6.50. The second-order valence-electron chi connectivity index (χ2n) is 9.40. The fourth-order valence-corrected chi connectivity index (χ4v) is 5.71. The van der Waals surface area contributed by atoms with Crippen molar-refractivity contribution in [2.75, 3.05) is 0 Å². The molecule has 0 spiro atoms. The second-order valence-corrected chi connectivity index (χ2v) is 10.4. The Morgan fingerprint density at radius 2 is 1.42 bits per heavy atom. The number of nitrogens with zero attached hydrogens (tertiary/aromatic N) is 3. The van der Waals surface area contributed by atoms with Crippen LogP contribution in [0.25, 0.3) is 31.6 Å². The maximum absolute atomic E-state index is 5.99. The summed E-state index contributed by atoms with van der Waals surface area (Å²) < 4.78 is 7.20. The fourth-order valence-electron chi connectivity index (χ4n) is 4.47. The molecule has 0 amide bonds. The molecule has 5 heteroatoms. The van der Waals surface area contributed by atoms with Crippen molar-refractivity contribution in [1.82, 2.24) is 15.0 Å². The highest BCUT2D eigenvalue weighted by atomic mass is 32.1. The standard InChI is InChI=1S/C31H25N3OS/c1-20-18-19-23-22-12-7-13-24(29(22)36-30(23)32-20)25-14-8-15-26(33-25)31(2,3)27-16-9-17-28(34-27)35-21-10-5-4-6-11-21/h4-19H,1-3H3. The zero-order valence-electron chi connectivity index (χ0n) is 20.4. The van der Waals surface area contributed by atoms with Crippen molar-refractivity contribution in [3.05, 3.63) is 114 Å². The number of hydrogen-bond acceptors (Lipinski definition) is 5. The van der Waals surface area contributed by atoms with Gasteiger partial charge in [-0.3, -0.25) is 4.98 Å². The summed E-state index contributed by atoms with van der Waals surface area (Å²) in [4.78, 5) is 15.8. The van der Waals surface area contributed by atoms with Crippen LogP contribution in [0.15, 0.2) is 97.1 Å². The molecule has 4 heterocycles. The minimum absolute atomic E-state index is 0.418. The summed E-state index contributed by atoms with van der Waals surface area (Å²) in [5.74, 6) is 1.34. The summed E-state index contributed by atoms with van der Waals surface area (Å²) in [5.41, 5.74) is 4.55. The van der Waals surface area contributed by atoms with Crippen molar-refractivity contribution in [2.45, 2.75) is 26.2 Å². The summed E-state index contributed by atoms with van der Waals surface area (Å²) in [6, 6.07) is 32.5. The normalized spacial score (nSPS) is 11.8. The number of thiophene rings is 1. The smallest absolute Gasteiger partial charge is 0.219 e. The SMILES string of the molecule is Cc1ccc2c(n1)sc1c(-c3cccc(C(C)(C)c4cccc(Oc5ccccc5)n4)n3)cccc12. The molecule has 2 aromatic carbocycles. The number of para-hydroxylation sites is 1. The van der Waals surface area contributed by atoms with Crippen LogP contribution >= 0.6 is 11.3 Å². The maximum Gasteiger partial charge on any atom is 0.219 e. The monoisotopic (exact) mass is 487 g/mol. The molecule has 36 heavy (non-hydrogen) atoms. The van der Waals surface area contributed by atoms with Crippen molar-refractivity contribution < 1.29 is 4.74 Å². The Hall–Kier alpha value is -4.09.